The highest BCUT2D eigenvalue weighted by Crippen LogP contribution is 2.25. The van der Waals surface area contributed by atoms with Crippen LogP contribution in [0, 0.1) is 0 Å². The topological polar surface area (TPSA) is 69.0 Å². The third-order valence-corrected chi connectivity index (χ3v) is 3.63. The molecule has 6 heteroatoms. The Hall–Kier alpha value is -2.60. The van der Waals surface area contributed by atoms with Gasteiger partial charge in [-0.3, -0.25) is 4.79 Å². The molecule has 1 saturated heterocycles. The molecule has 0 radical (unpaired) electrons. The molecule has 0 bridgehead atoms. The van der Waals surface area contributed by atoms with Gasteiger partial charge in [-0.2, -0.15) is 0 Å². The van der Waals surface area contributed by atoms with Gasteiger partial charge in [0.05, 0.1) is 19.5 Å². The predicted octanol–water partition coefficient (Wildman–Crippen LogP) is 1.96. The van der Waals surface area contributed by atoms with Crippen LogP contribution in [0.15, 0.2) is 47.1 Å². The smallest absolute Gasteiger partial charge is 0.375 e. The molecule has 0 atom stereocenters. The fraction of sp³-hybridized carbons (Fsp3) is 0.294. The standard InChI is InChI=1S/C17H17NO5/c19-15(18-7-10-21-11-8-18)12-23-17(20)16-14(6-9-22-16)13-4-2-1-3-5-13/h1-6,9H,7-8,10-12H2. The minimum absolute atomic E-state index is 0.103. The molecule has 1 aliphatic heterocycles. The van der Waals surface area contributed by atoms with Gasteiger partial charge in [-0.1, -0.05) is 30.3 Å². The van der Waals surface area contributed by atoms with Crippen molar-refractivity contribution in [2.45, 2.75) is 0 Å². The molecule has 0 N–H and O–H groups in total. The zero-order valence-electron chi connectivity index (χ0n) is 12.6. The van der Waals surface area contributed by atoms with Crippen LogP contribution in [0.3, 0.4) is 0 Å². The summed E-state index contributed by atoms with van der Waals surface area (Å²) >= 11 is 0. The molecule has 0 aliphatic carbocycles. The summed E-state index contributed by atoms with van der Waals surface area (Å²) in [5.41, 5.74) is 1.50. The number of carbonyl (C=O) groups excluding carboxylic acids is 2. The molecule has 0 spiro atoms. The Morgan fingerprint density at radius 2 is 1.83 bits per heavy atom. The Bertz CT molecular complexity index is 673. The van der Waals surface area contributed by atoms with E-state index in [0.717, 1.165) is 5.56 Å². The van der Waals surface area contributed by atoms with Gasteiger partial charge in [0, 0.05) is 18.7 Å². The summed E-state index contributed by atoms with van der Waals surface area (Å²) in [4.78, 5) is 25.8. The van der Waals surface area contributed by atoms with E-state index in [9.17, 15) is 9.59 Å². The summed E-state index contributed by atoms with van der Waals surface area (Å²) in [6.45, 7) is 1.76. The molecular formula is C17H17NO5. The quantitative estimate of drug-likeness (QED) is 0.807. The Morgan fingerprint density at radius 3 is 2.57 bits per heavy atom. The van der Waals surface area contributed by atoms with Crippen LogP contribution < -0.4 is 0 Å². The Kier molecular flexibility index (Phi) is 4.73. The van der Waals surface area contributed by atoms with Gasteiger partial charge in [-0.15, -0.1) is 0 Å². The van der Waals surface area contributed by atoms with Gasteiger partial charge in [-0.25, -0.2) is 4.79 Å². The normalized spacial score (nSPS) is 14.5. The fourth-order valence-electron chi connectivity index (χ4n) is 2.41. The lowest BCUT2D eigenvalue weighted by Crippen LogP contribution is -2.42. The van der Waals surface area contributed by atoms with Gasteiger partial charge in [0.1, 0.15) is 0 Å². The number of furan rings is 1. The summed E-state index contributed by atoms with van der Waals surface area (Å²) in [7, 11) is 0. The first-order valence-electron chi connectivity index (χ1n) is 7.41. The van der Waals surface area contributed by atoms with Crippen molar-refractivity contribution >= 4 is 11.9 Å². The van der Waals surface area contributed by atoms with Crippen LogP contribution in [-0.2, 0) is 14.3 Å². The van der Waals surface area contributed by atoms with Crippen molar-refractivity contribution in [3.63, 3.8) is 0 Å². The van der Waals surface area contributed by atoms with E-state index >= 15 is 0 Å². The molecule has 0 saturated carbocycles. The number of carbonyl (C=O) groups is 2. The van der Waals surface area contributed by atoms with Crippen LogP contribution in [0.2, 0.25) is 0 Å². The molecule has 3 rings (SSSR count). The monoisotopic (exact) mass is 315 g/mol. The molecule has 1 aromatic carbocycles. The van der Waals surface area contributed by atoms with Crippen LogP contribution in [0.4, 0.5) is 0 Å². The lowest BCUT2D eigenvalue weighted by Gasteiger charge is -2.26. The summed E-state index contributed by atoms with van der Waals surface area (Å²) in [6, 6.07) is 11.1. The minimum Gasteiger partial charge on any atom is -0.457 e. The molecule has 0 unspecified atom stereocenters. The molecule has 1 fully saturated rings. The van der Waals surface area contributed by atoms with Gasteiger partial charge in [-0.05, 0) is 11.6 Å². The van der Waals surface area contributed by atoms with Crippen LogP contribution in [0.5, 0.6) is 0 Å². The van der Waals surface area contributed by atoms with Crippen molar-refractivity contribution < 1.29 is 23.5 Å². The summed E-state index contributed by atoms with van der Waals surface area (Å²) in [6.07, 6.45) is 1.43. The molecule has 1 amide bonds. The van der Waals surface area contributed by atoms with Gasteiger partial charge < -0.3 is 18.8 Å². The van der Waals surface area contributed by atoms with Crippen LogP contribution in [-0.4, -0.2) is 49.7 Å². The van der Waals surface area contributed by atoms with Crippen LogP contribution in [0.25, 0.3) is 11.1 Å². The summed E-state index contributed by atoms with van der Waals surface area (Å²) in [5.74, 6) is -0.768. The molecule has 1 aromatic heterocycles. The number of hydrogen-bond acceptors (Lipinski definition) is 5. The van der Waals surface area contributed by atoms with Crippen LogP contribution in [0.1, 0.15) is 10.6 Å². The van der Waals surface area contributed by atoms with Gasteiger partial charge in [0.25, 0.3) is 5.91 Å². The van der Waals surface area contributed by atoms with E-state index in [1.165, 1.54) is 6.26 Å². The molecule has 1 aliphatic rings. The number of esters is 1. The lowest BCUT2D eigenvalue weighted by molar-refractivity contribution is -0.138. The molecule has 2 heterocycles. The summed E-state index contributed by atoms with van der Waals surface area (Å²) < 4.78 is 15.5. The predicted molar refractivity (Wildman–Crippen MR) is 81.8 cm³/mol. The first-order valence-corrected chi connectivity index (χ1v) is 7.41. The Labute approximate surface area is 133 Å². The van der Waals surface area contributed by atoms with Gasteiger partial charge >= 0.3 is 5.97 Å². The number of nitrogens with zero attached hydrogens (tertiary/aromatic N) is 1. The maximum absolute atomic E-state index is 12.2. The number of amides is 1. The Balaban J connectivity index is 1.63. The summed E-state index contributed by atoms with van der Waals surface area (Å²) in [5, 5.41) is 0. The highest BCUT2D eigenvalue weighted by molar-refractivity contribution is 5.95. The maximum Gasteiger partial charge on any atom is 0.375 e. The highest BCUT2D eigenvalue weighted by atomic mass is 16.5. The second kappa shape index (κ2) is 7.11. The van der Waals surface area contributed by atoms with E-state index in [-0.39, 0.29) is 18.3 Å². The van der Waals surface area contributed by atoms with Crippen molar-refractivity contribution in [2.75, 3.05) is 32.9 Å². The van der Waals surface area contributed by atoms with Gasteiger partial charge in [0.15, 0.2) is 6.61 Å². The molecular weight excluding hydrogens is 298 g/mol. The molecule has 6 nitrogen and oxygen atoms in total. The minimum atomic E-state index is -0.643. The third kappa shape index (κ3) is 3.60. The average Bonchev–Trinajstić information content (AvgIpc) is 3.11. The second-order valence-electron chi connectivity index (χ2n) is 5.10. The number of ether oxygens (including phenoxy) is 2. The maximum atomic E-state index is 12.2. The fourth-order valence-corrected chi connectivity index (χ4v) is 2.41. The largest absolute Gasteiger partial charge is 0.457 e. The second-order valence-corrected chi connectivity index (χ2v) is 5.10. The number of hydrogen-bond donors (Lipinski definition) is 0. The first kappa shape index (κ1) is 15.3. The van der Waals surface area contributed by atoms with Crippen molar-refractivity contribution in [3.05, 3.63) is 48.4 Å². The molecule has 120 valence electrons. The van der Waals surface area contributed by atoms with Crippen molar-refractivity contribution in [1.29, 1.82) is 0 Å². The zero-order chi connectivity index (χ0) is 16.1. The van der Waals surface area contributed by atoms with Crippen LogP contribution >= 0.6 is 0 Å². The zero-order valence-corrected chi connectivity index (χ0v) is 12.6. The number of rotatable bonds is 4. The first-order chi connectivity index (χ1) is 11.3. The van der Waals surface area contributed by atoms with E-state index in [1.807, 2.05) is 30.3 Å². The lowest BCUT2D eigenvalue weighted by atomic mass is 10.1. The van der Waals surface area contributed by atoms with E-state index in [4.69, 9.17) is 13.9 Å². The van der Waals surface area contributed by atoms with Crippen molar-refractivity contribution in [1.82, 2.24) is 4.90 Å². The SMILES string of the molecule is O=C(OCC(=O)N1CCOCC1)c1occc1-c1ccccc1. The Morgan fingerprint density at radius 1 is 1.09 bits per heavy atom. The third-order valence-electron chi connectivity index (χ3n) is 3.63. The van der Waals surface area contributed by atoms with E-state index in [2.05, 4.69) is 0 Å². The van der Waals surface area contributed by atoms with Crippen molar-refractivity contribution in [2.24, 2.45) is 0 Å². The molecule has 23 heavy (non-hydrogen) atoms. The average molecular weight is 315 g/mol. The van der Waals surface area contributed by atoms with E-state index in [0.29, 0.717) is 31.9 Å². The van der Waals surface area contributed by atoms with Gasteiger partial charge in [0.2, 0.25) is 5.76 Å². The highest BCUT2D eigenvalue weighted by Gasteiger charge is 2.22. The van der Waals surface area contributed by atoms with E-state index < -0.39 is 5.97 Å². The van der Waals surface area contributed by atoms with E-state index in [1.54, 1.807) is 11.0 Å². The molecule has 2 aromatic rings. The van der Waals surface area contributed by atoms with Crippen molar-refractivity contribution in [3.8, 4) is 11.1 Å². The number of morpholine rings is 1. The number of benzene rings is 1.